The first-order chi connectivity index (χ1) is 10.2. The van der Waals surface area contributed by atoms with Gasteiger partial charge in [0.25, 0.3) is 5.89 Å². The van der Waals surface area contributed by atoms with E-state index < -0.39 is 5.82 Å². The Kier molecular flexibility index (Phi) is 5.03. The van der Waals surface area contributed by atoms with Gasteiger partial charge in [-0.2, -0.15) is 0 Å². The van der Waals surface area contributed by atoms with Crippen LogP contribution in [0.4, 0.5) is 4.39 Å². The zero-order chi connectivity index (χ0) is 15.2. The van der Waals surface area contributed by atoms with Crippen molar-refractivity contribution < 1.29 is 13.6 Å². The second-order valence-corrected chi connectivity index (χ2v) is 4.68. The standard InChI is InChI=1S/C15H18FN3O2/c1-3-9-19(10-4-2)15(20)14-18-17-13(21-14)11-7-5-6-8-12(11)16/h5-8H,3-4,9-10H2,1-2H3. The van der Waals surface area contributed by atoms with Crippen LogP contribution in [0.25, 0.3) is 11.5 Å². The minimum absolute atomic E-state index is 0.0180. The number of aromatic nitrogens is 2. The zero-order valence-electron chi connectivity index (χ0n) is 12.2. The Labute approximate surface area is 122 Å². The molecule has 21 heavy (non-hydrogen) atoms. The van der Waals surface area contributed by atoms with E-state index in [4.69, 9.17) is 4.42 Å². The number of carbonyl (C=O) groups excluding carboxylic acids is 1. The van der Waals surface area contributed by atoms with Crippen LogP contribution in [0.5, 0.6) is 0 Å². The fourth-order valence-corrected chi connectivity index (χ4v) is 2.04. The first-order valence-corrected chi connectivity index (χ1v) is 7.05. The van der Waals surface area contributed by atoms with Crippen LogP contribution in [0, 0.1) is 5.82 Å². The molecule has 112 valence electrons. The molecule has 6 heteroatoms. The van der Waals surface area contributed by atoms with E-state index in [0.29, 0.717) is 13.1 Å². The fourth-order valence-electron chi connectivity index (χ4n) is 2.04. The van der Waals surface area contributed by atoms with Crippen LogP contribution in [-0.4, -0.2) is 34.1 Å². The fraction of sp³-hybridized carbons (Fsp3) is 0.400. The Morgan fingerprint density at radius 3 is 2.48 bits per heavy atom. The van der Waals surface area contributed by atoms with Crippen molar-refractivity contribution in [2.24, 2.45) is 0 Å². The van der Waals surface area contributed by atoms with Gasteiger partial charge in [-0.15, -0.1) is 10.2 Å². The SMILES string of the molecule is CCCN(CCC)C(=O)c1nnc(-c2ccccc2F)o1. The van der Waals surface area contributed by atoms with Crippen LogP contribution in [0.15, 0.2) is 28.7 Å². The molecule has 0 spiro atoms. The Hall–Kier alpha value is -2.24. The van der Waals surface area contributed by atoms with E-state index in [-0.39, 0.29) is 23.3 Å². The summed E-state index contributed by atoms with van der Waals surface area (Å²) in [5, 5.41) is 7.51. The number of amides is 1. The maximum Gasteiger partial charge on any atom is 0.311 e. The molecule has 0 unspecified atom stereocenters. The normalized spacial score (nSPS) is 10.6. The molecule has 0 aliphatic rings. The van der Waals surface area contributed by atoms with Gasteiger partial charge in [0.15, 0.2) is 0 Å². The first kappa shape index (κ1) is 15.2. The van der Waals surface area contributed by atoms with Crippen LogP contribution < -0.4 is 0 Å². The monoisotopic (exact) mass is 291 g/mol. The van der Waals surface area contributed by atoms with Crippen LogP contribution >= 0.6 is 0 Å². The number of hydrogen-bond acceptors (Lipinski definition) is 4. The van der Waals surface area contributed by atoms with Crippen LogP contribution in [-0.2, 0) is 0 Å². The first-order valence-electron chi connectivity index (χ1n) is 7.05. The Morgan fingerprint density at radius 2 is 1.86 bits per heavy atom. The summed E-state index contributed by atoms with van der Waals surface area (Å²) in [6.07, 6.45) is 1.69. The lowest BCUT2D eigenvalue weighted by Gasteiger charge is -2.18. The highest BCUT2D eigenvalue weighted by molar-refractivity contribution is 5.89. The van der Waals surface area contributed by atoms with E-state index in [2.05, 4.69) is 10.2 Å². The minimum Gasteiger partial charge on any atom is -0.412 e. The van der Waals surface area contributed by atoms with E-state index in [0.717, 1.165) is 12.8 Å². The molecule has 1 amide bonds. The van der Waals surface area contributed by atoms with Gasteiger partial charge >= 0.3 is 11.8 Å². The van der Waals surface area contributed by atoms with E-state index in [1.54, 1.807) is 17.0 Å². The van der Waals surface area contributed by atoms with Crippen molar-refractivity contribution in [3.63, 3.8) is 0 Å². The molecule has 0 N–H and O–H groups in total. The third-order valence-corrected chi connectivity index (χ3v) is 2.99. The van der Waals surface area contributed by atoms with E-state index in [1.807, 2.05) is 13.8 Å². The third-order valence-electron chi connectivity index (χ3n) is 2.99. The quantitative estimate of drug-likeness (QED) is 0.820. The van der Waals surface area contributed by atoms with Gasteiger partial charge < -0.3 is 9.32 Å². The summed E-state index contributed by atoms with van der Waals surface area (Å²) in [5.41, 5.74) is 0.196. The highest BCUT2D eigenvalue weighted by Gasteiger charge is 2.22. The van der Waals surface area contributed by atoms with Gasteiger partial charge in [-0.05, 0) is 25.0 Å². The van der Waals surface area contributed by atoms with Gasteiger partial charge in [0, 0.05) is 13.1 Å². The Bertz CT molecular complexity index is 606. The van der Waals surface area contributed by atoms with Crippen LogP contribution in [0.1, 0.15) is 37.4 Å². The second-order valence-electron chi connectivity index (χ2n) is 4.68. The topological polar surface area (TPSA) is 59.2 Å². The molecule has 2 aromatic rings. The molecule has 5 nitrogen and oxygen atoms in total. The molecule has 0 aliphatic heterocycles. The molecule has 0 aliphatic carbocycles. The molecule has 1 aromatic heterocycles. The zero-order valence-corrected chi connectivity index (χ0v) is 12.2. The van der Waals surface area contributed by atoms with Gasteiger partial charge in [-0.1, -0.05) is 26.0 Å². The van der Waals surface area contributed by atoms with E-state index in [9.17, 15) is 9.18 Å². The lowest BCUT2D eigenvalue weighted by molar-refractivity contribution is 0.0716. The number of benzene rings is 1. The summed E-state index contributed by atoms with van der Waals surface area (Å²) in [4.78, 5) is 14.0. The van der Waals surface area contributed by atoms with Gasteiger partial charge in [-0.25, -0.2) is 4.39 Å². The second kappa shape index (κ2) is 6.97. The molecule has 0 fully saturated rings. The van der Waals surface area contributed by atoms with Crippen molar-refractivity contribution in [2.45, 2.75) is 26.7 Å². The van der Waals surface area contributed by atoms with Crippen molar-refractivity contribution in [2.75, 3.05) is 13.1 Å². The van der Waals surface area contributed by atoms with Crippen molar-refractivity contribution in [1.82, 2.24) is 15.1 Å². The van der Waals surface area contributed by atoms with Crippen molar-refractivity contribution in [3.05, 3.63) is 36.0 Å². The Morgan fingerprint density at radius 1 is 1.19 bits per heavy atom. The van der Waals surface area contributed by atoms with E-state index >= 15 is 0 Å². The Balaban J connectivity index is 2.23. The maximum atomic E-state index is 13.7. The molecular formula is C15H18FN3O2. The molecule has 2 rings (SSSR count). The van der Waals surface area contributed by atoms with Crippen molar-refractivity contribution in [1.29, 1.82) is 0 Å². The molecule has 0 saturated carbocycles. The van der Waals surface area contributed by atoms with E-state index in [1.165, 1.54) is 12.1 Å². The summed E-state index contributed by atoms with van der Waals surface area (Å²) in [5.74, 6) is -0.854. The highest BCUT2D eigenvalue weighted by Crippen LogP contribution is 2.21. The predicted molar refractivity (Wildman–Crippen MR) is 76.2 cm³/mol. The molecular weight excluding hydrogens is 273 g/mol. The molecule has 0 bridgehead atoms. The molecule has 1 aromatic carbocycles. The average molecular weight is 291 g/mol. The van der Waals surface area contributed by atoms with Crippen LogP contribution in [0.2, 0.25) is 0 Å². The highest BCUT2D eigenvalue weighted by atomic mass is 19.1. The molecule has 0 saturated heterocycles. The van der Waals surface area contributed by atoms with Gasteiger partial charge in [0.2, 0.25) is 0 Å². The van der Waals surface area contributed by atoms with Gasteiger partial charge in [0.1, 0.15) is 5.82 Å². The maximum absolute atomic E-state index is 13.7. The summed E-state index contributed by atoms with van der Waals surface area (Å²) >= 11 is 0. The third kappa shape index (κ3) is 3.45. The number of nitrogens with zero attached hydrogens (tertiary/aromatic N) is 3. The number of hydrogen-bond donors (Lipinski definition) is 0. The summed E-state index contributed by atoms with van der Waals surface area (Å²) in [7, 11) is 0. The molecule has 0 radical (unpaired) electrons. The molecule has 0 atom stereocenters. The largest absolute Gasteiger partial charge is 0.412 e. The van der Waals surface area contributed by atoms with Crippen molar-refractivity contribution >= 4 is 5.91 Å². The average Bonchev–Trinajstić information content (AvgIpc) is 2.96. The summed E-state index contributed by atoms with van der Waals surface area (Å²) in [6.45, 7) is 5.25. The van der Waals surface area contributed by atoms with Crippen LogP contribution in [0.3, 0.4) is 0 Å². The minimum atomic E-state index is -0.459. The molecule has 1 heterocycles. The smallest absolute Gasteiger partial charge is 0.311 e. The summed E-state index contributed by atoms with van der Waals surface area (Å²) < 4.78 is 19.0. The lowest BCUT2D eigenvalue weighted by Crippen LogP contribution is -2.32. The number of halogens is 1. The van der Waals surface area contributed by atoms with Crippen molar-refractivity contribution in [3.8, 4) is 11.5 Å². The van der Waals surface area contributed by atoms with Gasteiger partial charge in [0.05, 0.1) is 5.56 Å². The van der Waals surface area contributed by atoms with Gasteiger partial charge in [-0.3, -0.25) is 4.79 Å². The predicted octanol–water partition coefficient (Wildman–Crippen LogP) is 3.14. The summed E-state index contributed by atoms with van der Waals surface area (Å²) in [6, 6.07) is 6.09. The number of rotatable bonds is 6. The number of carbonyl (C=O) groups is 1. The lowest BCUT2D eigenvalue weighted by atomic mass is 10.2.